The van der Waals surface area contributed by atoms with Gasteiger partial charge in [0.1, 0.15) is 23.8 Å². The molecule has 0 fully saturated rings. The zero-order chi connectivity index (χ0) is 18.4. The molecule has 2 aromatic heterocycles. The van der Waals surface area contributed by atoms with E-state index in [1.54, 1.807) is 18.3 Å². The van der Waals surface area contributed by atoms with Crippen LogP contribution >= 0.6 is 11.6 Å². The molecular formula is C18H19ClN6O. The van der Waals surface area contributed by atoms with Crippen molar-refractivity contribution in [1.29, 1.82) is 0 Å². The van der Waals surface area contributed by atoms with Crippen LogP contribution in [0.15, 0.2) is 49.1 Å². The molecule has 3 aromatic rings. The van der Waals surface area contributed by atoms with Gasteiger partial charge in [0.2, 0.25) is 5.91 Å². The third-order valence-electron chi connectivity index (χ3n) is 3.76. The summed E-state index contributed by atoms with van der Waals surface area (Å²) in [6, 6.07) is 9.09. The molecule has 134 valence electrons. The smallest absolute Gasteiger partial charge is 0.224 e. The zero-order valence-electron chi connectivity index (χ0n) is 14.3. The van der Waals surface area contributed by atoms with Gasteiger partial charge in [-0.2, -0.15) is 0 Å². The van der Waals surface area contributed by atoms with Gasteiger partial charge < -0.3 is 10.6 Å². The van der Waals surface area contributed by atoms with Crippen molar-refractivity contribution in [2.45, 2.75) is 13.3 Å². The highest BCUT2D eigenvalue weighted by Crippen LogP contribution is 2.11. The first-order valence-corrected chi connectivity index (χ1v) is 8.57. The van der Waals surface area contributed by atoms with E-state index in [4.69, 9.17) is 11.6 Å². The van der Waals surface area contributed by atoms with Gasteiger partial charge in [-0.3, -0.25) is 9.36 Å². The summed E-state index contributed by atoms with van der Waals surface area (Å²) >= 11 is 5.84. The summed E-state index contributed by atoms with van der Waals surface area (Å²) in [5.41, 5.74) is 0.927. The summed E-state index contributed by atoms with van der Waals surface area (Å²) in [6.45, 7) is 2.97. The Kier molecular flexibility index (Phi) is 5.80. The molecule has 2 heterocycles. The number of aryl methyl sites for hydroxylation is 1. The summed E-state index contributed by atoms with van der Waals surface area (Å²) in [6.07, 6.45) is 5.39. The Bertz CT molecular complexity index is 877. The van der Waals surface area contributed by atoms with Crippen molar-refractivity contribution in [3.8, 4) is 5.82 Å². The number of imidazole rings is 1. The van der Waals surface area contributed by atoms with Gasteiger partial charge in [0.15, 0.2) is 0 Å². The maximum atomic E-state index is 11.9. The van der Waals surface area contributed by atoms with E-state index in [2.05, 4.69) is 25.6 Å². The van der Waals surface area contributed by atoms with Crippen LogP contribution in [0.25, 0.3) is 5.82 Å². The lowest BCUT2D eigenvalue weighted by Crippen LogP contribution is -2.30. The molecule has 7 nitrogen and oxygen atoms in total. The standard InChI is InChI=1S/C18H19ClN6O/c1-13-20-8-9-25(13)17-11-16(23-12-24-17)21-6-7-22-18(26)10-14-2-4-15(19)5-3-14/h2-5,8-9,11-12H,6-7,10H2,1H3,(H,22,26)(H,21,23,24). The molecule has 0 radical (unpaired) electrons. The molecule has 0 aliphatic carbocycles. The lowest BCUT2D eigenvalue weighted by Gasteiger charge is -2.09. The van der Waals surface area contributed by atoms with Gasteiger partial charge in [-0.15, -0.1) is 0 Å². The number of hydrogen-bond acceptors (Lipinski definition) is 5. The molecule has 0 unspecified atom stereocenters. The second-order valence-electron chi connectivity index (χ2n) is 5.69. The van der Waals surface area contributed by atoms with Crippen molar-refractivity contribution in [2.75, 3.05) is 18.4 Å². The van der Waals surface area contributed by atoms with Gasteiger partial charge in [-0.1, -0.05) is 23.7 Å². The van der Waals surface area contributed by atoms with Crippen molar-refractivity contribution in [1.82, 2.24) is 24.8 Å². The van der Waals surface area contributed by atoms with E-state index in [-0.39, 0.29) is 5.91 Å². The van der Waals surface area contributed by atoms with Crippen LogP contribution in [0.2, 0.25) is 5.02 Å². The Hall–Kier alpha value is -2.93. The lowest BCUT2D eigenvalue weighted by atomic mass is 10.1. The summed E-state index contributed by atoms with van der Waals surface area (Å²) < 4.78 is 1.88. The second kappa shape index (κ2) is 8.44. The van der Waals surface area contributed by atoms with Crippen molar-refractivity contribution in [3.63, 3.8) is 0 Å². The van der Waals surface area contributed by atoms with Crippen molar-refractivity contribution in [2.24, 2.45) is 0 Å². The average molecular weight is 371 g/mol. The first-order valence-electron chi connectivity index (χ1n) is 8.19. The molecule has 8 heteroatoms. The van der Waals surface area contributed by atoms with E-state index in [1.807, 2.05) is 35.9 Å². The van der Waals surface area contributed by atoms with E-state index in [0.29, 0.717) is 30.4 Å². The number of hydrogen-bond donors (Lipinski definition) is 2. The van der Waals surface area contributed by atoms with Crippen LogP contribution in [0, 0.1) is 6.92 Å². The quantitative estimate of drug-likeness (QED) is 0.624. The van der Waals surface area contributed by atoms with E-state index < -0.39 is 0 Å². The number of aromatic nitrogens is 4. The highest BCUT2D eigenvalue weighted by molar-refractivity contribution is 6.30. The van der Waals surface area contributed by atoms with Crippen molar-refractivity contribution >= 4 is 23.3 Å². The molecule has 26 heavy (non-hydrogen) atoms. The van der Waals surface area contributed by atoms with E-state index >= 15 is 0 Å². The minimum Gasteiger partial charge on any atom is -0.368 e. The van der Waals surface area contributed by atoms with E-state index in [1.165, 1.54) is 6.33 Å². The Morgan fingerprint density at radius 2 is 1.96 bits per heavy atom. The fourth-order valence-electron chi connectivity index (χ4n) is 2.44. The van der Waals surface area contributed by atoms with Crippen molar-refractivity contribution < 1.29 is 4.79 Å². The number of nitrogens with zero attached hydrogens (tertiary/aromatic N) is 4. The molecule has 0 bridgehead atoms. The predicted molar refractivity (Wildman–Crippen MR) is 101 cm³/mol. The fourth-order valence-corrected chi connectivity index (χ4v) is 2.56. The van der Waals surface area contributed by atoms with Crippen LogP contribution in [0.3, 0.4) is 0 Å². The van der Waals surface area contributed by atoms with Crippen LogP contribution in [0.5, 0.6) is 0 Å². The molecular weight excluding hydrogens is 352 g/mol. The minimum atomic E-state index is -0.0356. The van der Waals surface area contributed by atoms with Crippen LogP contribution in [0.1, 0.15) is 11.4 Å². The first kappa shape index (κ1) is 17.9. The fraction of sp³-hybridized carbons (Fsp3) is 0.222. The maximum absolute atomic E-state index is 11.9. The highest BCUT2D eigenvalue weighted by atomic mass is 35.5. The number of halogens is 1. The maximum Gasteiger partial charge on any atom is 0.224 e. The van der Waals surface area contributed by atoms with Gasteiger partial charge in [-0.05, 0) is 24.6 Å². The molecule has 0 saturated heterocycles. The number of rotatable bonds is 7. The minimum absolute atomic E-state index is 0.0356. The second-order valence-corrected chi connectivity index (χ2v) is 6.12. The highest BCUT2D eigenvalue weighted by Gasteiger charge is 2.05. The largest absolute Gasteiger partial charge is 0.368 e. The molecule has 3 rings (SSSR count). The topological polar surface area (TPSA) is 84.7 Å². The summed E-state index contributed by atoms with van der Waals surface area (Å²) in [5, 5.41) is 6.71. The number of amides is 1. The SMILES string of the molecule is Cc1nccn1-c1cc(NCCNC(=O)Cc2ccc(Cl)cc2)ncn1. The normalized spacial score (nSPS) is 10.5. The number of nitrogens with one attached hydrogen (secondary N) is 2. The Balaban J connectivity index is 1.46. The predicted octanol–water partition coefficient (Wildman–Crippen LogP) is 2.39. The molecule has 0 saturated carbocycles. The third kappa shape index (κ3) is 4.80. The number of carbonyl (C=O) groups is 1. The Labute approximate surface area is 156 Å². The molecule has 0 aliphatic heterocycles. The average Bonchev–Trinajstić information content (AvgIpc) is 3.07. The summed E-state index contributed by atoms with van der Waals surface area (Å²) in [7, 11) is 0. The van der Waals surface area contributed by atoms with Gasteiger partial charge in [0, 0.05) is 36.6 Å². The number of carbonyl (C=O) groups excluding carboxylic acids is 1. The van der Waals surface area contributed by atoms with Crippen LogP contribution in [-0.2, 0) is 11.2 Å². The lowest BCUT2D eigenvalue weighted by molar-refractivity contribution is -0.120. The van der Waals surface area contributed by atoms with Gasteiger partial charge in [-0.25, -0.2) is 15.0 Å². The van der Waals surface area contributed by atoms with Crippen LogP contribution in [-0.4, -0.2) is 38.5 Å². The van der Waals surface area contributed by atoms with Gasteiger partial charge in [0.05, 0.1) is 6.42 Å². The van der Waals surface area contributed by atoms with Gasteiger partial charge >= 0.3 is 0 Å². The summed E-state index contributed by atoms with van der Waals surface area (Å²) in [4.78, 5) is 24.6. The molecule has 0 spiro atoms. The van der Waals surface area contributed by atoms with Crippen LogP contribution in [0.4, 0.5) is 5.82 Å². The van der Waals surface area contributed by atoms with E-state index in [0.717, 1.165) is 17.2 Å². The Morgan fingerprint density at radius 3 is 2.69 bits per heavy atom. The number of benzene rings is 1. The Morgan fingerprint density at radius 1 is 1.15 bits per heavy atom. The first-order chi connectivity index (χ1) is 12.6. The number of anilines is 1. The van der Waals surface area contributed by atoms with Crippen molar-refractivity contribution in [3.05, 3.63) is 65.5 Å². The van der Waals surface area contributed by atoms with Crippen LogP contribution < -0.4 is 10.6 Å². The zero-order valence-corrected chi connectivity index (χ0v) is 15.1. The molecule has 0 aliphatic rings. The molecule has 1 aromatic carbocycles. The monoisotopic (exact) mass is 370 g/mol. The molecule has 1 amide bonds. The molecule has 2 N–H and O–H groups in total. The third-order valence-corrected chi connectivity index (χ3v) is 4.01. The summed E-state index contributed by atoms with van der Waals surface area (Å²) in [5.74, 6) is 2.25. The molecule has 0 atom stereocenters. The van der Waals surface area contributed by atoms with Gasteiger partial charge in [0.25, 0.3) is 0 Å². The van der Waals surface area contributed by atoms with E-state index in [9.17, 15) is 4.79 Å².